The maximum atomic E-state index is 10.8. The molecule has 0 bridgehead atoms. The lowest BCUT2D eigenvalue weighted by molar-refractivity contribution is -0.385. The first-order valence-corrected chi connectivity index (χ1v) is 10.3. The van der Waals surface area contributed by atoms with Crippen LogP contribution in [0.3, 0.4) is 0 Å². The number of fused-ring (bicyclic) bond motifs is 5. The predicted octanol–water partition coefficient (Wildman–Crippen LogP) is 3.20. The Morgan fingerprint density at radius 1 is 1.43 bits per heavy atom. The standard InChI is InChI=1S/C18H19N7O2S/c1-2-11-3-4-13-14(7-11)28-18-16(13)17-21-15(22-24(17)10-19-18)5-6-23-9-12(8-20-23)25(26)27/h8-11H,2-7H2,1H3/t11-/m0/s1. The number of nitrogens with zero attached hydrogens (tertiary/aromatic N) is 7. The van der Waals surface area contributed by atoms with Gasteiger partial charge in [-0.1, -0.05) is 13.3 Å². The van der Waals surface area contributed by atoms with Gasteiger partial charge >= 0.3 is 5.69 Å². The van der Waals surface area contributed by atoms with Crippen LogP contribution in [0.4, 0.5) is 5.69 Å². The van der Waals surface area contributed by atoms with Crippen LogP contribution >= 0.6 is 11.3 Å². The van der Waals surface area contributed by atoms with Crippen molar-refractivity contribution in [1.29, 1.82) is 0 Å². The SMILES string of the molecule is CC[C@H]1CCc2c(sc3ncn4nc(CCn5cc([N+](=O)[O-])cn5)nc4c23)C1. The fourth-order valence-electron chi connectivity index (χ4n) is 3.93. The van der Waals surface area contributed by atoms with E-state index in [1.54, 1.807) is 26.9 Å². The zero-order chi connectivity index (χ0) is 19.3. The maximum absolute atomic E-state index is 10.8. The summed E-state index contributed by atoms with van der Waals surface area (Å²) in [5.41, 5.74) is 2.24. The smallest absolute Gasteiger partial charge is 0.265 e. The molecule has 0 N–H and O–H groups in total. The van der Waals surface area contributed by atoms with E-state index in [0.29, 0.717) is 18.8 Å². The lowest BCUT2D eigenvalue weighted by atomic mass is 9.86. The van der Waals surface area contributed by atoms with E-state index in [9.17, 15) is 10.1 Å². The van der Waals surface area contributed by atoms with Gasteiger partial charge < -0.3 is 0 Å². The van der Waals surface area contributed by atoms with Gasteiger partial charge in [0.15, 0.2) is 11.5 Å². The summed E-state index contributed by atoms with van der Waals surface area (Å²) in [5.74, 6) is 1.46. The van der Waals surface area contributed by atoms with Crippen LogP contribution in [0.5, 0.6) is 0 Å². The Bertz CT molecular complexity index is 1190. The van der Waals surface area contributed by atoms with Crippen LogP contribution < -0.4 is 0 Å². The molecule has 0 saturated carbocycles. The second-order valence-electron chi connectivity index (χ2n) is 7.21. The van der Waals surface area contributed by atoms with Crippen molar-refractivity contribution in [2.24, 2.45) is 5.92 Å². The van der Waals surface area contributed by atoms with Crippen molar-refractivity contribution in [3.05, 3.63) is 45.1 Å². The summed E-state index contributed by atoms with van der Waals surface area (Å²) in [4.78, 5) is 22.2. The molecule has 4 heterocycles. The minimum Gasteiger partial charge on any atom is -0.265 e. The molecule has 9 nitrogen and oxygen atoms in total. The summed E-state index contributed by atoms with van der Waals surface area (Å²) in [7, 11) is 0. The number of hydrogen-bond acceptors (Lipinski definition) is 7. The van der Waals surface area contributed by atoms with Crippen molar-refractivity contribution in [2.75, 3.05) is 0 Å². The lowest BCUT2D eigenvalue weighted by Gasteiger charge is -2.20. The molecule has 0 aromatic carbocycles. The van der Waals surface area contributed by atoms with Crippen LogP contribution in [0.15, 0.2) is 18.7 Å². The molecule has 0 spiro atoms. The minimum atomic E-state index is -0.447. The molecule has 0 radical (unpaired) electrons. The fraction of sp³-hybridized carbons (Fsp3) is 0.444. The average molecular weight is 397 g/mol. The number of nitro groups is 1. The predicted molar refractivity (Wildman–Crippen MR) is 105 cm³/mol. The van der Waals surface area contributed by atoms with E-state index >= 15 is 0 Å². The Kier molecular flexibility index (Phi) is 4.08. The second-order valence-corrected chi connectivity index (χ2v) is 8.29. The molecule has 10 heteroatoms. The van der Waals surface area contributed by atoms with E-state index in [1.807, 2.05) is 0 Å². The largest absolute Gasteiger partial charge is 0.306 e. The zero-order valence-electron chi connectivity index (χ0n) is 15.4. The fourth-order valence-corrected chi connectivity index (χ4v) is 5.22. The summed E-state index contributed by atoms with van der Waals surface area (Å²) < 4.78 is 3.30. The van der Waals surface area contributed by atoms with Gasteiger partial charge in [0.05, 0.1) is 10.3 Å². The first kappa shape index (κ1) is 17.2. The monoisotopic (exact) mass is 397 g/mol. The Labute approximate surface area is 164 Å². The molecule has 28 heavy (non-hydrogen) atoms. The average Bonchev–Trinajstić information content (AvgIpc) is 3.40. The highest BCUT2D eigenvalue weighted by Crippen LogP contribution is 2.39. The molecule has 0 fully saturated rings. The first-order chi connectivity index (χ1) is 13.6. The van der Waals surface area contributed by atoms with E-state index in [1.165, 1.54) is 35.7 Å². The number of hydrogen-bond donors (Lipinski definition) is 0. The van der Waals surface area contributed by atoms with Gasteiger partial charge in [-0.15, -0.1) is 16.4 Å². The third-order valence-electron chi connectivity index (χ3n) is 5.50. The zero-order valence-corrected chi connectivity index (χ0v) is 16.2. The molecule has 1 aliphatic rings. The first-order valence-electron chi connectivity index (χ1n) is 9.43. The summed E-state index contributed by atoms with van der Waals surface area (Å²) in [5, 5.41) is 20.5. The third-order valence-corrected chi connectivity index (χ3v) is 6.67. The van der Waals surface area contributed by atoms with Crippen LogP contribution in [0, 0.1) is 16.0 Å². The van der Waals surface area contributed by atoms with Crippen LogP contribution in [-0.4, -0.2) is 34.3 Å². The summed E-state index contributed by atoms with van der Waals surface area (Å²) in [6.45, 7) is 2.75. The number of aryl methyl sites for hydroxylation is 3. The highest BCUT2D eigenvalue weighted by atomic mass is 32.1. The van der Waals surface area contributed by atoms with Gasteiger partial charge in [0.2, 0.25) is 0 Å². The molecule has 5 rings (SSSR count). The molecule has 0 unspecified atom stereocenters. The molecule has 0 amide bonds. The molecule has 4 aromatic rings. The molecular formula is C18H19N7O2S. The highest BCUT2D eigenvalue weighted by molar-refractivity contribution is 7.19. The molecule has 0 saturated heterocycles. The molecule has 1 aliphatic carbocycles. The summed E-state index contributed by atoms with van der Waals surface area (Å²) >= 11 is 1.79. The van der Waals surface area contributed by atoms with Gasteiger partial charge in [-0.05, 0) is 30.7 Å². The van der Waals surface area contributed by atoms with Gasteiger partial charge in [0.25, 0.3) is 0 Å². The number of thiophene rings is 1. The van der Waals surface area contributed by atoms with Crippen LogP contribution in [0.25, 0.3) is 15.9 Å². The van der Waals surface area contributed by atoms with Crippen molar-refractivity contribution in [2.45, 2.75) is 45.6 Å². The van der Waals surface area contributed by atoms with Crippen molar-refractivity contribution in [3.63, 3.8) is 0 Å². The third kappa shape index (κ3) is 2.84. The highest BCUT2D eigenvalue weighted by Gasteiger charge is 2.24. The minimum absolute atomic E-state index is 0.0100. The lowest BCUT2D eigenvalue weighted by Crippen LogP contribution is -2.11. The quantitative estimate of drug-likeness (QED) is 0.378. The molecule has 4 aromatic heterocycles. The van der Waals surface area contributed by atoms with E-state index in [4.69, 9.17) is 4.98 Å². The van der Waals surface area contributed by atoms with E-state index in [-0.39, 0.29) is 5.69 Å². The van der Waals surface area contributed by atoms with Crippen molar-refractivity contribution >= 4 is 32.9 Å². The van der Waals surface area contributed by atoms with Gasteiger partial charge in [0.1, 0.15) is 23.6 Å². The molecule has 1 atom stereocenters. The number of rotatable bonds is 5. The second kappa shape index (κ2) is 6.62. The molecule has 144 valence electrons. The van der Waals surface area contributed by atoms with Gasteiger partial charge in [0, 0.05) is 17.8 Å². The van der Waals surface area contributed by atoms with Crippen molar-refractivity contribution < 1.29 is 4.92 Å². The summed E-state index contributed by atoms with van der Waals surface area (Å²) in [6, 6.07) is 0. The Morgan fingerprint density at radius 2 is 2.32 bits per heavy atom. The van der Waals surface area contributed by atoms with Gasteiger partial charge in [-0.3, -0.25) is 14.8 Å². The van der Waals surface area contributed by atoms with E-state index in [0.717, 1.165) is 34.6 Å². The summed E-state index contributed by atoms with van der Waals surface area (Å²) in [6.07, 6.45) is 9.61. The van der Waals surface area contributed by atoms with E-state index < -0.39 is 4.92 Å². The van der Waals surface area contributed by atoms with Crippen molar-refractivity contribution in [1.82, 2.24) is 29.4 Å². The van der Waals surface area contributed by atoms with Crippen LogP contribution in [0.2, 0.25) is 0 Å². The Balaban J connectivity index is 1.46. The van der Waals surface area contributed by atoms with Crippen LogP contribution in [0.1, 0.15) is 36.0 Å². The van der Waals surface area contributed by atoms with Gasteiger partial charge in [-0.2, -0.15) is 5.10 Å². The Morgan fingerprint density at radius 3 is 3.11 bits per heavy atom. The van der Waals surface area contributed by atoms with Crippen molar-refractivity contribution in [3.8, 4) is 0 Å². The molecular weight excluding hydrogens is 378 g/mol. The molecule has 0 aliphatic heterocycles. The number of aromatic nitrogens is 6. The van der Waals surface area contributed by atoms with E-state index in [2.05, 4.69) is 22.1 Å². The Hall–Kier alpha value is -2.88. The van der Waals surface area contributed by atoms with Gasteiger partial charge in [-0.25, -0.2) is 14.5 Å². The topological polar surface area (TPSA) is 104 Å². The van der Waals surface area contributed by atoms with Crippen LogP contribution in [-0.2, 0) is 25.8 Å². The normalized spacial score (nSPS) is 16.7. The maximum Gasteiger partial charge on any atom is 0.306 e.